The summed E-state index contributed by atoms with van der Waals surface area (Å²) in [4.78, 5) is 9.45. The third kappa shape index (κ3) is 11.1. The van der Waals surface area contributed by atoms with Gasteiger partial charge in [0.15, 0.2) is 11.9 Å². The van der Waals surface area contributed by atoms with Gasteiger partial charge in [-0.25, -0.2) is 4.99 Å². The van der Waals surface area contributed by atoms with Gasteiger partial charge in [0.2, 0.25) is 0 Å². The molecule has 0 aromatic heterocycles. The van der Waals surface area contributed by atoms with Crippen molar-refractivity contribution in [3.05, 3.63) is 0 Å². The van der Waals surface area contributed by atoms with Gasteiger partial charge in [0, 0.05) is 30.2 Å². The van der Waals surface area contributed by atoms with E-state index in [0.717, 1.165) is 11.9 Å². The van der Waals surface area contributed by atoms with Crippen LogP contribution >= 0.6 is 0 Å². The number of aliphatic imine (C=N–C) groups is 2. The van der Waals surface area contributed by atoms with Crippen LogP contribution in [0.5, 0.6) is 0 Å². The molecule has 0 aliphatic carbocycles. The van der Waals surface area contributed by atoms with Crippen molar-refractivity contribution in [1.82, 2.24) is 21.3 Å². The first-order valence-electron chi connectivity index (χ1n) is 9.23. The maximum Gasteiger partial charge on any atom is 0.192 e. The SMILES string of the molecule is CC(C)N=C(NC(C)C)NC(C)C(C)N=C(NC(C)C)NC(C)C. The first-order valence-corrected chi connectivity index (χ1v) is 9.23. The van der Waals surface area contributed by atoms with E-state index in [1.165, 1.54) is 0 Å². The molecule has 0 radical (unpaired) electrons. The molecule has 2 atom stereocenters. The van der Waals surface area contributed by atoms with Crippen molar-refractivity contribution in [3.8, 4) is 0 Å². The summed E-state index contributed by atoms with van der Waals surface area (Å²) in [6.45, 7) is 21.1. The summed E-state index contributed by atoms with van der Waals surface area (Å²) in [5.41, 5.74) is 0. The van der Waals surface area contributed by atoms with Crippen LogP contribution in [0.4, 0.5) is 0 Å². The highest BCUT2D eigenvalue weighted by atomic mass is 15.2. The molecule has 6 heteroatoms. The second-order valence-electron chi connectivity index (χ2n) is 7.62. The lowest BCUT2D eigenvalue weighted by Gasteiger charge is -2.25. The third-order valence-electron chi connectivity index (χ3n) is 3.08. The van der Waals surface area contributed by atoms with Crippen LogP contribution in [0.2, 0.25) is 0 Å². The lowest BCUT2D eigenvalue weighted by Crippen LogP contribution is -2.50. The Morgan fingerprint density at radius 2 is 0.917 bits per heavy atom. The van der Waals surface area contributed by atoms with Crippen molar-refractivity contribution < 1.29 is 0 Å². The van der Waals surface area contributed by atoms with Gasteiger partial charge in [-0.15, -0.1) is 0 Å². The van der Waals surface area contributed by atoms with Crippen LogP contribution in [0.1, 0.15) is 69.2 Å². The predicted molar refractivity (Wildman–Crippen MR) is 107 cm³/mol. The highest BCUT2D eigenvalue weighted by Gasteiger charge is 2.15. The first-order chi connectivity index (χ1) is 11.0. The Bertz CT molecular complexity index is 386. The number of rotatable bonds is 7. The van der Waals surface area contributed by atoms with Gasteiger partial charge in [0.05, 0.1) is 6.04 Å². The van der Waals surface area contributed by atoms with Gasteiger partial charge in [0.1, 0.15) is 0 Å². The van der Waals surface area contributed by atoms with E-state index >= 15 is 0 Å². The fourth-order valence-electron chi connectivity index (χ4n) is 1.96. The van der Waals surface area contributed by atoms with Crippen molar-refractivity contribution in [2.45, 2.75) is 105 Å². The van der Waals surface area contributed by atoms with E-state index in [4.69, 9.17) is 4.99 Å². The molecule has 0 aliphatic heterocycles. The van der Waals surface area contributed by atoms with Gasteiger partial charge in [-0.1, -0.05) is 0 Å². The van der Waals surface area contributed by atoms with Gasteiger partial charge in [-0.3, -0.25) is 4.99 Å². The summed E-state index contributed by atoms with van der Waals surface area (Å²) in [5.74, 6) is 1.69. The lowest BCUT2D eigenvalue weighted by atomic mass is 10.2. The van der Waals surface area contributed by atoms with Gasteiger partial charge in [-0.05, 0) is 69.2 Å². The molecule has 0 saturated heterocycles. The lowest BCUT2D eigenvalue weighted by molar-refractivity contribution is 0.529. The van der Waals surface area contributed by atoms with Gasteiger partial charge < -0.3 is 21.3 Å². The van der Waals surface area contributed by atoms with Crippen molar-refractivity contribution in [1.29, 1.82) is 0 Å². The molecule has 0 spiro atoms. The molecule has 4 N–H and O–H groups in total. The minimum atomic E-state index is 0.101. The third-order valence-corrected chi connectivity index (χ3v) is 3.08. The number of nitrogens with one attached hydrogen (secondary N) is 4. The molecule has 0 aromatic carbocycles. The van der Waals surface area contributed by atoms with E-state index in [0.29, 0.717) is 18.1 Å². The first kappa shape index (κ1) is 22.5. The van der Waals surface area contributed by atoms with Crippen molar-refractivity contribution in [3.63, 3.8) is 0 Å². The van der Waals surface area contributed by atoms with Crippen LogP contribution in [0.15, 0.2) is 9.98 Å². The monoisotopic (exact) mass is 340 g/mol. The maximum absolute atomic E-state index is 4.82. The van der Waals surface area contributed by atoms with Crippen LogP contribution in [-0.2, 0) is 0 Å². The fourth-order valence-corrected chi connectivity index (χ4v) is 1.96. The van der Waals surface area contributed by atoms with Gasteiger partial charge in [-0.2, -0.15) is 0 Å². The van der Waals surface area contributed by atoms with Gasteiger partial charge in [0.25, 0.3) is 0 Å². The highest BCUT2D eigenvalue weighted by Crippen LogP contribution is 2.00. The molecule has 142 valence electrons. The Hall–Kier alpha value is -1.46. The quantitative estimate of drug-likeness (QED) is 0.424. The van der Waals surface area contributed by atoms with E-state index in [-0.39, 0.29) is 18.1 Å². The molecule has 0 aromatic rings. The largest absolute Gasteiger partial charge is 0.354 e. The normalized spacial score (nSPS) is 14.8. The standard InChI is InChI=1S/C18H40N6/c1-11(2)19-17(20-12(3)4)23-15(9)16(10)24-18(21-13(5)6)22-14(7)8/h11-16H,1-10H3,(H2,19,20,23)(H2,21,22,24). The summed E-state index contributed by atoms with van der Waals surface area (Å²) in [7, 11) is 0. The van der Waals surface area contributed by atoms with Crippen molar-refractivity contribution in [2.75, 3.05) is 0 Å². The van der Waals surface area contributed by atoms with Crippen molar-refractivity contribution >= 4 is 11.9 Å². The number of hydrogen-bond acceptors (Lipinski definition) is 2. The van der Waals surface area contributed by atoms with E-state index in [9.17, 15) is 0 Å². The summed E-state index contributed by atoms with van der Waals surface area (Å²) < 4.78 is 0. The average Bonchev–Trinajstić information content (AvgIpc) is 2.34. The van der Waals surface area contributed by atoms with Crippen LogP contribution in [-0.4, -0.2) is 48.2 Å². The number of nitrogens with zero attached hydrogens (tertiary/aromatic N) is 2. The Morgan fingerprint density at radius 1 is 0.542 bits per heavy atom. The van der Waals surface area contributed by atoms with E-state index in [1.54, 1.807) is 0 Å². The van der Waals surface area contributed by atoms with Gasteiger partial charge >= 0.3 is 0 Å². The fraction of sp³-hybridized carbons (Fsp3) is 0.889. The molecule has 6 nitrogen and oxygen atoms in total. The van der Waals surface area contributed by atoms with Crippen LogP contribution in [0, 0.1) is 0 Å². The topological polar surface area (TPSA) is 72.8 Å². The summed E-state index contributed by atoms with van der Waals surface area (Å²) in [5, 5.41) is 13.6. The zero-order chi connectivity index (χ0) is 18.9. The maximum atomic E-state index is 4.82. The molecule has 2 unspecified atom stereocenters. The van der Waals surface area contributed by atoms with E-state index in [2.05, 4.69) is 95.5 Å². The second kappa shape index (κ2) is 11.2. The number of guanidine groups is 2. The van der Waals surface area contributed by atoms with Crippen LogP contribution in [0.3, 0.4) is 0 Å². The molecular weight excluding hydrogens is 300 g/mol. The summed E-state index contributed by atoms with van der Waals surface area (Å²) in [6.07, 6.45) is 0. The zero-order valence-electron chi connectivity index (χ0n) is 17.4. The minimum absolute atomic E-state index is 0.101. The Kier molecular flexibility index (Phi) is 10.5. The smallest absolute Gasteiger partial charge is 0.192 e. The molecule has 0 aliphatic rings. The van der Waals surface area contributed by atoms with Crippen molar-refractivity contribution in [2.24, 2.45) is 9.98 Å². The van der Waals surface area contributed by atoms with Crippen LogP contribution < -0.4 is 21.3 Å². The molecule has 0 rings (SSSR count). The average molecular weight is 341 g/mol. The van der Waals surface area contributed by atoms with E-state index < -0.39 is 0 Å². The molecular formula is C18H40N6. The molecule has 0 fully saturated rings. The molecule has 24 heavy (non-hydrogen) atoms. The summed E-state index contributed by atoms with van der Waals surface area (Å²) in [6, 6.07) is 1.51. The summed E-state index contributed by atoms with van der Waals surface area (Å²) >= 11 is 0. The molecule has 0 saturated carbocycles. The molecule has 0 bridgehead atoms. The predicted octanol–water partition coefficient (Wildman–Crippen LogP) is 2.47. The molecule has 0 heterocycles. The Balaban J connectivity index is 5.02. The number of hydrogen-bond donors (Lipinski definition) is 4. The van der Waals surface area contributed by atoms with Crippen LogP contribution in [0.25, 0.3) is 0 Å². The highest BCUT2D eigenvalue weighted by molar-refractivity contribution is 5.81. The minimum Gasteiger partial charge on any atom is -0.354 e. The Morgan fingerprint density at radius 3 is 1.25 bits per heavy atom. The van der Waals surface area contributed by atoms with E-state index in [1.807, 2.05) is 0 Å². The Labute approximate surface area is 149 Å². The molecule has 0 amide bonds. The zero-order valence-corrected chi connectivity index (χ0v) is 17.4. The second-order valence-corrected chi connectivity index (χ2v) is 7.62.